The van der Waals surface area contributed by atoms with Crippen LogP contribution in [0.4, 0.5) is 0 Å². The molecule has 0 saturated heterocycles. The Morgan fingerprint density at radius 3 is 1.55 bits per heavy atom. The van der Waals surface area contributed by atoms with Gasteiger partial charge in [-0.1, -0.05) is 21.6 Å². The Morgan fingerprint density at radius 1 is 0.900 bits per heavy atom. The SMILES string of the molecule is N[C@@H](CO)C(=O)NCCSSCCNC(=O)[C@@H](N)CO. The molecule has 10 heteroatoms. The van der Waals surface area contributed by atoms with Crippen molar-refractivity contribution in [2.24, 2.45) is 11.5 Å². The van der Waals surface area contributed by atoms with Gasteiger partial charge in [0.05, 0.1) is 13.2 Å². The highest BCUT2D eigenvalue weighted by Gasteiger charge is 2.11. The third-order valence-electron chi connectivity index (χ3n) is 2.12. The monoisotopic (exact) mass is 326 g/mol. The van der Waals surface area contributed by atoms with Crippen molar-refractivity contribution in [2.75, 3.05) is 37.8 Å². The van der Waals surface area contributed by atoms with Crippen molar-refractivity contribution < 1.29 is 19.8 Å². The van der Waals surface area contributed by atoms with E-state index in [2.05, 4.69) is 10.6 Å². The fraction of sp³-hybridized carbons (Fsp3) is 0.800. The number of aliphatic hydroxyl groups is 2. The number of carbonyl (C=O) groups is 2. The van der Waals surface area contributed by atoms with Crippen LogP contribution in [-0.2, 0) is 9.59 Å². The number of carbonyl (C=O) groups excluding carboxylic acids is 2. The van der Waals surface area contributed by atoms with Gasteiger partial charge in [0.15, 0.2) is 0 Å². The van der Waals surface area contributed by atoms with Crippen molar-refractivity contribution in [1.29, 1.82) is 0 Å². The lowest BCUT2D eigenvalue weighted by atomic mass is 10.3. The van der Waals surface area contributed by atoms with Gasteiger partial charge in [0.2, 0.25) is 11.8 Å². The summed E-state index contributed by atoms with van der Waals surface area (Å²) >= 11 is 0. The number of rotatable bonds is 11. The maximum Gasteiger partial charge on any atom is 0.239 e. The summed E-state index contributed by atoms with van der Waals surface area (Å²) in [6.45, 7) is 0.185. The van der Waals surface area contributed by atoms with E-state index in [1.54, 1.807) is 21.6 Å². The van der Waals surface area contributed by atoms with Crippen LogP contribution in [0.1, 0.15) is 0 Å². The minimum absolute atomic E-state index is 0.372. The highest BCUT2D eigenvalue weighted by atomic mass is 33.1. The summed E-state index contributed by atoms with van der Waals surface area (Å²) in [5, 5.41) is 22.5. The van der Waals surface area contributed by atoms with Crippen LogP contribution in [0, 0.1) is 0 Å². The molecule has 0 aliphatic rings. The summed E-state index contributed by atoms with van der Waals surface area (Å²) in [5.41, 5.74) is 10.6. The first kappa shape index (κ1) is 19.5. The van der Waals surface area contributed by atoms with E-state index in [1.807, 2.05) is 0 Å². The maximum atomic E-state index is 11.2. The molecule has 20 heavy (non-hydrogen) atoms. The van der Waals surface area contributed by atoms with Gasteiger partial charge in [0, 0.05) is 24.6 Å². The Labute approximate surface area is 125 Å². The van der Waals surface area contributed by atoms with E-state index in [-0.39, 0.29) is 25.0 Å². The second kappa shape index (κ2) is 12.2. The van der Waals surface area contributed by atoms with Gasteiger partial charge in [-0.2, -0.15) is 0 Å². The molecule has 8 N–H and O–H groups in total. The van der Waals surface area contributed by atoms with E-state index in [4.69, 9.17) is 21.7 Å². The van der Waals surface area contributed by atoms with E-state index in [0.29, 0.717) is 24.6 Å². The molecule has 0 spiro atoms. The van der Waals surface area contributed by atoms with Crippen LogP contribution in [0.25, 0.3) is 0 Å². The van der Waals surface area contributed by atoms with Crippen molar-refractivity contribution in [3.63, 3.8) is 0 Å². The molecule has 0 heterocycles. The fourth-order valence-corrected chi connectivity index (χ4v) is 2.79. The summed E-state index contributed by atoms with van der Waals surface area (Å²) in [6, 6.07) is -1.75. The van der Waals surface area contributed by atoms with Gasteiger partial charge in [0.25, 0.3) is 0 Å². The molecule has 2 amide bonds. The quantitative estimate of drug-likeness (QED) is 0.176. The average molecular weight is 326 g/mol. The molecular formula is C10H22N4O4S2. The maximum absolute atomic E-state index is 11.2. The Kier molecular flexibility index (Phi) is 11.9. The van der Waals surface area contributed by atoms with Crippen LogP contribution in [0.3, 0.4) is 0 Å². The number of hydrogen-bond acceptors (Lipinski definition) is 8. The summed E-state index contributed by atoms with van der Waals surface area (Å²) < 4.78 is 0. The molecular weight excluding hydrogens is 304 g/mol. The lowest BCUT2D eigenvalue weighted by Gasteiger charge is -2.10. The van der Waals surface area contributed by atoms with Crippen LogP contribution in [0.5, 0.6) is 0 Å². The Bertz CT molecular complexity index is 268. The van der Waals surface area contributed by atoms with Gasteiger partial charge in [-0.3, -0.25) is 9.59 Å². The van der Waals surface area contributed by atoms with E-state index in [1.165, 1.54) is 0 Å². The van der Waals surface area contributed by atoms with E-state index in [0.717, 1.165) is 0 Å². The average Bonchev–Trinajstić information content (AvgIpc) is 2.47. The second-order valence-electron chi connectivity index (χ2n) is 3.80. The van der Waals surface area contributed by atoms with Gasteiger partial charge >= 0.3 is 0 Å². The van der Waals surface area contributed by atoms with Crippen molar-refractivity contribution in [3.8, 4) is 0 Å². The minimum atomic E-state index is -0.876. The van der Waals surface area contributed by atoms with Crippen LogP contribution in [0.15, 0.2) is 0 Å². The Balaban J connectivity index is 3.37. The largest absolute Gasteiger partial charge is 0.394 e. The summed E-state index contributed by atoms with van der Waals surface area (Å²) in [4.78, 5) is 22.4. The van der Waals surface area contributed by atoms with E-state index in [9.17, 15) is 9.59 Å². The van der Waals surface area contributed by atoms with Gasteiger partial charge in [-0.25, -0.2) is 0 Å². The van der Waals surface area contributed by atoms with E-state index >= 15 is 0 Å². The number of nitrogens with two attached hydrogens (primary N) is 2. The van der Waals surface area contributed by atoms with Crippen LogP contribution >= 0.6 is 21.6 Å². The molecule has 8 nitrogen and oxygen atoms in total. The molecule has 0 aliphatic carbocycles. The first-order valence-electron chi connectivity index (χ1n) is 6.05. The number of nitrogens with one attached hydrogen (secondary N) is 2. The van der Waals surface area contributed by atoms with Gasteiger partial charge < -0.3 is 32.3 Å². The topological polar surface area (TPSA) is 151 Å². The van der Waals surface area contributed by atoms with Gasteiger partial charge in [-0.05, 0) is 0 Å². The molecule has 0 aromatic rings. The molecule has 0 aromatic carbocycles. The summed E-state index contributed by atoms with van der Waals surface area (Å²) in [7, 11) is 3.09. The molecule has 0 unspecified atom stereocenters. The highest BCUT2D eigenvalue weighted by Crippen LogP contribution is 2.19. The number of amides is 2. The Hall–Kier alpha value is -0.520. The molecule has 0 radical (unpaired) electrons. The standard InChI is InChI=1S/C10H22N4O4S2/c11-7(5-15)9(17)13-1-3-19-20-4-2-14-10(18)8(12)6-16/h7-8,15-16H,1-6,11-12H2,(H,13,17)(H,14,18)/t7-,8-/m0/s1. The second-order valence-corrected chi connectivity index (χ2v) is 6.51. The fourth-order valence-electron chi connectivity index (χ4n) is 0.978. The molecule has 0 bridgehead atoms. The first-order chi connectivity index (χ1) is 9.52. The van der Waals surface area contributed by atoms with Gasteiger partial charge in [-0.15, -0.1) is 0 Å². The molecule has 0 fully saturated rings. The smallest absolute Gasteiger partial charge is 0.239 e. The third kappa shape index (κ3) is 9.39. The molecule has 0 rings (SSSR count). The third-order valence-corrected chi connectivity index (χ3v) is 4.53. The first-order valence-corrected chi connectivity index (χ1v) is 8.54. The zero-order chi connectivity index (χ0) is 15.4. The predicted molar refractivity (Wildman–Crippen MR) is 81.1 cm³/mol. The number of aliphatic hydroxyl groups excluding tert-OH is 2. The van der Waals surface area contributed by atoms with Gasteiger partial charge in [0.1, 0.15) is 12.1 Å². The zero-order valence-electron chi connectivity index (χ0n) is 11.1. The minimum Gasteiger partial charge on any atom is -0.394 e. The lowest BCUT2D eigenvalue weighted by Crippen LogP contribution is -2.43. The highest BCUT2D eigenvalue weighted by molar-refractivity contribution is 8.76. The molecule has 0 aliphatic heterocycles. The zero-order valence-corrected chi connectivity index (χ0v) is 12.7. The Morgan fingerprint density at radius 2 is 1.25 bits per heavy atom. The van der Waals surface area contributed by atoms with Crippen molar-refractivity contribution >= 4 is 33.4 Å². The van der Waals surface area contributed by atoms with Crippen LogP contribution < -0.4 is 22.1 Å². The van der Waals surface area contributed by atoms with Crippen molar-refractivity contribution in [1.82, 2.24) is 10.6 Å². The van der Waals surface area contributed by atoms with Crippen LogP contribution in [0.2, 0.25) is 0 Å². The van der Waals surface area contributed by atoms with Crippen molar-refractivity contribution in [3.05, 3.63) is 0 Å². The molecule has 0 saturated carbocycles. The van der Waals surface area contributed by atoms with Crippen molar-refractivity contribution in [2.45, 2.75) is 12.1 Å². The van der Waals surface area contributed by atoms with E-state index < -0.39 is 12.1 Å². The summed E-state index contributed by atoms with van der Waals surface area (Å²) in [6.07, 6.45) is 0. The molecule has 0 aromatic heterocycles. The molecule has 2 atom stereocenters. The lowest BCUT2D eigenvalue weighted by molar-refractivity contribution is -0.123. The predicted octanol–water partition coefficient (Wildman–Crippen LogP) is -2.76. The molecule has 118 valence electrons. The number of hydrogen-bond donors (Lipinski definition) is 6. The normalized spacial score (nSPS) is 13.6. The van der Waals surface area contributed by atoms with Crippen LogP contribution in [-0.4, -0.2) is 71.9 Å². The summed E-state index contributed by atoms with van der Waals surface area (Å²) in [5.74, 6) is 0.642.